The number of nitrogens with zero attached hydrogens (tertiary/aromatic N) is 3. The summed E-state index contributed by atoms with van der Waals surface area (Å²) in [5.74, 6) is 0.0636. The molecule has 1 saturated heterocycles. The van der Waals surface area contributed by atoms with Crippen molar-refractivity contribution < 1.29 is 17.9 Å². The summed E-state index contributed by atoms with van der Waals surface area (Å²) < 4.78 is 33.9. The smallest absolute Gasteiger partial charge is 0.228 e. The van der Waals surface area contributed by atoms with Crippen LogP contribution in [0.1, 0.15) is 49.8 Å². The number of carbonyl (C=O) groups is 1. The molecule has 2 aliphatic rings. The third-order valence-electron chi connectivity index (χ3n) is 6.51. The zero-order chi connectivity index (χ0) is 23.3. The Morgan fingerprint density at radius 3 is 2.61 bits per heavy atom. The number of ether oxygens (including phenoxy) is 1. The number of benzene rings is 1. The van der Waals surface area contributed by atoms with Crippen LogP contribution < -0.4 is 0 Å². The first-order valence-electron chi connectivity index (χ1n) is 11.8. The minimum atomic E-state index is -3.66. The highest BCUT2D eigenvalue weighted by Crippen LogP contribution is 2.28. The second-order valence-electron chi connectivity index (χ2n) is 9.01. The number of rotatable bonds is 10. The lowest BCUT2D eigenvalue weighted by molar-refractivity contribution is -0.137. The molecule has 0 radical (unpaired) electrons. The maximum absolute atomic E-state index is 13.4. The van der Waals surface area contributed by atoms with Crippen molar-refractivity contribution >= 4 is 15.7 Å². The average molecular weight is 472 g/mol. The maximum Gasteiger partial charge on any atom is 0.228 e. The number of carbonyl (C=O) groups excluding carboxylic acids is 1. The Morgan fingerprint density at radius 2 is 1.94 bits per heavy atom. The molecule has 0 bridgehead atoms. The van der Waals surface area contributed by atoms with E-state index in [9.17, 15) is 13.2 Å². The molecular formula is C25H33N3O4S. The van der Waals surface area contributed by atoms with Crippen molar-refractivity contribution in [2.75, 3.05) is 13.2 Å². The van der Waals surface area contributed by atoms with Crippen LogP contribution in [-0.2, 0) is 38.2 Å². The normalized spacial score (nSPS) is 19.1. The first-order chi connectivity index (χ1) is 16.0. The van der Waals surface area contributed by atoms with E-state index in [1.54, 1.807) is 29.0 Å². The van der Waals surface area contributed by atoms with Gasteiger partial charge in [0.15, 0.2) is 0 Å². The maximum atomic E-state index is 13.4. The Morgan fingerprint density at radius 1 is 1.18 bits per heavy atom. The van der Waals surface area contributed by atoms with E-state index < -0.39 is 9.84 Å². The molecular weight excluding hydrogens is 438 g/mol. The Hall–Kier alpha value is -2.45. The minimum Gasteiger partial charge on any atom is -0.376 e. The molecule has 0 unspecified atom stereocenters. The number of sulfone groups is 1. The quantitative estimate of drug-likeness (QED) is 0.493. The van der Waals surface area contributed by atoms with E-state index in [-0.39, 0.29) is 28.8 Å². The number of allylic oxidation sites excluding steroid dienone is 1. The highest BCUT2D eigenvalue weighted by molar-refractivity contribution is 7.90. The SMILES string of the molecule is C=CCn1c(CN(C[C@@H]2CCCO2)C(=O)C2CCCC2)cnc1S(=O)(=O)Cc1ccccc1. The highest BCUT2D eigenvalue weighted by Gasteiger charge is 2.31. The summed E-state index contributed by atoms with van der Waals surface area (Å²) in [5.41, 5.74) is 1.41. The van der Waals surface area contributed by atoms with E-state index in [1.165, 1.54) is 0 Å². The molecule has 1 aliphatic heterocycles. The van der Waals surface area contributed by atoms with Gasteiger partial charge in [0.1, 0.15) is 0 Å². The van der Waals surface area contributed by atoms with E-state index in [4.69, 9.17) is 4.74 Å². The molecule has 2 heterocycles. The first kappa shape index (κ1) is 23.7. The molecule has 178 valence electrons. The molecule has 1 aromatic heterocycles. The lowest BCUT2D eigenvalue weighted by Gasteiger charge is -2.28. The fourth-order valence-corrected chi connectivity index (χ4v) is 6.34. The van der Waals surface area contributed by atoms with Crippen LogP contribution in [-0.4, -0.2) is 48.0 Å². The molecule has 4 rings (SSSR count). The van der Waals surface area contributed by atoms with Gasteiger partial charge in [-0.2, -0.15) is 0 Å². The zero-order valence-electron chi connectivity index (χ0n) is 19.1. The van der Waals surface area contributed by atoms with E-state index in [0.29, 0.717) is 30.9 Å². The van der Waals surface area contributed by atoms with Crippen molar-refractivity contribution in [2.45, 2.75) is 68.6 Å². The van der Waals surface area contributed by atoms with Crippen LogP contribution in [0.4, 0.5) is 0 Å². The number of imidazole rings is 1. The molecule has 1 aromatic carbocycles. The topological polar surface area (TPSA) is 81.5 Å². The fourth-order valence-electron chi connectivity index (χ4n) is 4.84. The van der Waals surface area contributed by atoms with Crippen LogP contribution in [0.5, 0.6) is 0 Å². The lowest BCUT2D eigenvalue weighted by Crippen LogP contribution is -2.40. The second kappa shape index (κ2) is 10.7. The molecule has 2 aromatic rings. The van der Waals surface area contributed by atoms with Crippen molar-refractivity contribution in [1.82, 2.24) is 14.5 Å². The summed E-state index contributed by atoms with van der Waals surface area (Å²) in [6, 6.07) is 9.09. The predicted molar refractivity (Wildman–Crippen MR) is 126 cm³/mol. The van der Waals surface area contributed by atoms with Crippen molar-refractivity contribution in [3.63, 3.8) is 0 Å². The van der Waals surface area contributed by atoms with Gasteiger partial charge in [-0.05, 0) is 31.2 Å². The Bertz CT molecular complexity index is 1050. The van der Waals surface area contributed by atoms with Gasteiger partial charge < -0.3 is 14.2 Å². The van der Waals surface area contributed by atoms with Gasteiger partial charge in [-0.15, -0.1) is 6.58 Å². The molecule has 1 aliphatic carbocycles. The van der Waals surface area contributed by atoms with Gasteiger partial charge in [0.25, 0.3) is 0 Å². The predicted octanol–water partition coefficient (Wildman–Crippen LogP) is 3.74. The standard InChI is InChI=1S/C25H33N3O4S/c1-2-14-28-22(16-26-25(28)33(30,31)19-20-9-4-3-5-10-20)17-27(18-23-13-8-15-32-23)24(29)21-11-6-7-12-21/h2-5,9-10,16,21,23H,1,6-8,11-15,17-19H2/t23-/m0/s1. The van der Waals surface area contributed by atoms with Gasteiger partial charge in [0.2, 0.25) is 20.9 Å². The van der Waals surface area contributed by atoms with Gasteiger partial charge in [0.05, 0.1) is 30.3 Å². The molecule has 33 heavy (non-hydrogen) atoms. The fraction of sp³-hybridized carbons (Fsp3) is 0.520. The van der Waals surface area contributed by atoms with E-state index in [1.807, 2.05) is 23.1 Å². The summed E-state index contributed by atoms with van der Waals surface area (Å²) in [5, 5.41) is 0.0200. The van der Waals surface area contributed by atoms with Crippen LogP contribution in [0.2, 0.25) is 0 Å². The molecule has 1 atom stereocenters. The number of hydrogen-bond donors (Lipinski definition) is 0. The van der Waals surface area contributed by atoms with Crippen molar-refractivity contribution in [1.29, 1.82) is 0 Å². The number of amides is 1. The summed E-state index contributed by atoms with van der Waals surface area (Å²) in [6.07, 6.45) is 9.24. The van der Waals surface area contributed by atoms with Crippen molar-refractivity contribution in [3.05, 3.63) is 60.4 Å². The van der Waals surface area contributed by atoms with Crippen molar-refractivity contribution in [2.24, 2.45) is 5.92 Å². The molecule has 0 N–H and O–H groups in total. The molecule has 0 spiro atoms. The third-order valence-corrected chi connectivity index (χ3v) is 8.10. The Kier molecular flexibility index (Phi) is 7.65. The molecule has 2 fully saturated rings. The van der Waals surface area contributed by atoms with Crippen LogP contribution in [0.15, 0.2) is 54.3 Å². The number of aromatic nitrogens is 2. The zero-order valence-corrected chi connectivity index (χ0v) is 19.9. The summed E-state index contributed by atoms with van der Waals surface area (Å²) in [7, 11) is -3.66. The van der Waals surface area contributed by atoms with Crippen molar-refractivity contribution in [3.8, 4) is 0 Å². The van der Waals surface area contributed by atoms with E-state index in [0.717, 1.165) is 45.1 Å². The Balaban J connectivity index is 1.59. The molecule has 7 nitrogen and oxygen atoms in total. The monoisotopic (exact) mass is 471 g/mol. The Labute approximate surface area is 196 Å². The summed E-state index contributed by atoms with van der Waals surface area (Å²) >= 11 is 0. The highest BCUT2D eigenvalue weighted by atomic mass is 32.2. The van der Waals surface area contributed by atoms with Crippen LogP contribution in [0.25, 0.3) is 0 Å². The van der Waals surface area contributed by atoms with E-state index in [2.05, 4.69) is 11.6 Å². The van der Waals surface area contributed by atoms with Crippen LogP contribution in [0, 0.1) is 5.92 Å². The van der Waals surface area contributed by atoms with Gasteiger partial charge in [-0.3, -0.25) is 4.79 Å². The first-order valence-corrected chi connectivity index (χ1v) is 13.5. The molecule has 1 saturated carbocycles. The average Bonchev–Trinajstić information content (AvgIpc) is 3.57. The van der Waals surface area contributed by atoms with E-state index >= 15 is 0 Å². The van der Waals surface area contributed by atoms with Crippen LogP contribution >= 0.6 is 0 Å². The van der Waals surface area contributed by atoms with Crippen LogP contribution in [0.3, 0.4) is 0 Å². The largest absolute Gasteiger partial charge is 0.376 e. The third kappa shape index (κ3) is 5.73. The second-order valence-corrected chi connectivity index (χ2v) is 10.9. The molecule has 1 amide bonds. The van der Waals surface area contributed by atoms with Gasteiger partial charge in [-0.1, -0.05) is 49.2 Å². The van der Waals surface area contributed by atoms with Gasteiger partial charge in [0, 0.05) is 25.6 Å². The minimum absolute atomic E-state index is 0.0200. The summed E-state index contributed by atoms with van der Waals surface area (Å²) in [4.78, 5) is 19.5. The lowest BCUT2D eigenvalue weighted by atomic mass is 10.1. The summed E-state index contributed by atoms with van der Waals surface area (Å²) in [6.45, 7) is 5.68. The van der Waals surface area contributed by atoms with Gasteiger partial charge >= 0.3 is 0 Å². The molecule has 8 heteroatoms. The number of hydrogen-bond acceptors (Lipinski definition) is 5. The van der Waals surface area contributed by atoms with Gasteiger partial charge in [-0.25, -0.2) is 13.4 Å².